The van der Waals surface area contributed by atoms with Crippen molar-refractivity contribution in [1.82, 2.24) is 19.5 Å². The SMILES string of the molecule is Cc1cnc(-c2ccc(N3CCn4c(C)nc(-c5cccnc5C(C)C)c4C3)cc2)o1. The van der Waals surface area contributed by atoms with E-state index in [1.165, 1.54) is 11.4 Å². The quantitative estimate of drug-likeness (QED) is 0.451. The maximum Gasteiger partial charge on any atom is 0.226 e. The molecule has 1 aliphatic rings. The molecule has 0 radical (unpaired) electrons. The molecule has 3 aromatic heterocycles. The monoisotopic (exact) mass is 413 g/mol. The van der Waals surface area contributed by atoms with Crippen molar-refractivity contribution in [3.8, 4) is 22.7 Å². The Balaban J connectivity index is 1.47. The van der Waals surface area contributed by atoms with Gasteiger partial charge in [0, 0.05) is 36.1 Å². The number of fused-ring (bicyclic) bond motifs is 1. The van der Waals surface area contributed by atoms with E-state index >= 15 is 0 Å². The second kappa shape index (κ2) is 7.69. The summed E-state index contributed by atoms with van der Waals surface area (Å²) in [7, 11) is 0. The Bertz CT molecular complexity index is 1220. The Labute approximate surface area is 182 Å². The fraction of sp³-hybridized carbons (Fsp3) is 0.320. The van der Waals surface area contributed by atoms with Gasteiger partial charge in [0.1, 0.15) is 11.6 Å². The van der Waals surface area contributed by atoms with Gasteiger partial charge in [-0.05, 0) is 56.2 Å². The Kier molecular flexibility index (Phi) is 4.85. The smallest absolute Gasteiger partial charge is 0.226 e. The van der Waals surface area contributed by atoms with Gasteiger partial charge >= 0.3 is 0 Å². The third-order valence-corrected chi connectivity index (χ3v) is 5.94. The second-order valence-electron chi connectivity index (χ2n) is 8.44. The number of anilines is 1. The Morgan fingerprint density at radius 2 is 1.81 bits per heavy atom. The zero-order chi connectivity index (χ0) is 21.5. The van der Waals surface area contributed by atoms with Crippen molar-refractivity contribution in [3.05, 3.63) is 71.8 Å². The van der Waals surface area contributed by atoms with Gasteiger partial charge in [0.2, 0.25) is 5.89 Å². The molecule has 0 saturated carbocycles. The topological polar surface area (TPSA) is 60.0 Å². The van der Waals surface area contributed by atoms with Crippen molar-refractivity contribution < 1.29 is 4.42 Å². The third-order valence-electron chi connectivity index (χ3n) is 5.94. The maximum absolute atomic E-state index is 5.66. The first-order valence-corrected chi connectivity index (χ1v) is 10.8. The normalized spacial score (nSPS) is 13.6. The van der Waals surface area contributed by atoms with E-state index in [0.29, 0.717) is 11.8 Å². The Hall–Kier alpha value is -3.41. The van der Waals surface area contributed by atoms with Crippen LogP contribution in [0.5, 0.6) is 0 Å². The molecule has 6 heteroatoms. The molecule has 0 spiro atoms. The van der Waals surface area contributed by atoms with Crippen LogP contribution in [0.3, 0.4) is 0 Å². The van der Waals surface area contributed by atoms with E-state index in [9.17, 15) is 0 Å². The molecule has 0 N–H and O–H groups in total. The van der Waals surface area contributed by atoms with Crippen molar-refractivity contribution >= 4 is 5.69 Å². The van der Waals surface area contributed by atoms with Crippen LogP contribution < -0.4 is 4.90 Å². The number of nitrogens with zero attached hydrogens (tertiary/aromatic N) is 5. The lowest BCUT2D eigenvalue weighted by Crippen LogP contribution is -2.34. The molecule has 6 nitrogen and oxygen atoms in total. The summed E-state index contributed by atoms with van der Waals surface area (Å²) in [5.41, 5.74) is 6.75. The molecule has 0 fully saturated rings. The van der Waals surface area contributed by atoms with Crippen molar-refractivity contribution in [2.75, 3.05) is 11.4 Å². The molecule has 4 heterocycles. The molecule has 4 aromatic rings. The zero-order valence-electron chi connectivity index (χ0n) is 18.5. The predicted octanol–water partition coefficient (Wildman–Crippen LogP) is 5.36. The van der Waals surface area contributed by atoms with Crippen LogP contribution in [0.4, 0.5) is 5.69 Å². The minimum absolute atomic E-state index is 0.347. The van der Waals surface area contributed by atoms with Crippen molar-refractivity contribution in [3.63, 3.8) is 0 Å². The van der Waals surface area contributed by atoms with Gasteiger partial charge < -0.3 is 13.9 Å². The number of hydrogen-bond acceptors (Lipinski definition) is 5. The summed E-state index contributed by atoms with van der Waals surface area (Å²) < 4.78 is 8.01. The molecular weight excluding hydrogens is 386 g/mol. The minimum Gasteiger partial charge on any atom is -0.441 e. The van der Waals surface area contributed by atoms with Crippen LogP contribution in [0.2, 0.25) is 0 Å². The number of rotatable bonds is 4. The highest BCUT2D eigenvalue weighted by Crippen LogP contribution is 2.34. The van der Waals surface area contributed by atoms with Gasteiger partial charge in [-0.2, -0.15) is 0 Å². The van der Waals surface area contributed by atoms with Gasteiger partial charge in [-0.25, -0.2) is 9.97 Å². The van der Waals surface area contributed by atoms with Crippen LogP contribution in [0.1, 0.15) is 42.7 Å². The highest BCUT2D eigenvalue weighted by Gasteiger charge is 2.25. The van der Waals surface area contributed by atoms with Gasteiger partial charge in [-0.3, -0.25) is 4.98 Å². The van der Waals surface area contributed by atoms with Crippen molar-refractivity contribution in [1.29, 1.82) is 0 Å². The van der Waals surface area contributed by atoms with Gasteiger partial charge in [0.25, 0.3) is 0 Å². The van der Waals surface area contributed by atoms with Crippen LogP contribution in [0.15, 0.2) is 53.2 Å². The number of benzene rings is 1. The first-order chi connectivity index (χ1) is 15.0. The summed E-state index contributed by atoms with van der Waals surface area (Å²) in [5.74, 6) is 2.90. The van der Waals surface area contributed by atoms with E-state index in [4.69, 9.17) is 9.40 Å². The number of pyridine rings is 1. The minimum atomic E-state index is 0.347. The first-order valence-electron chi connectivity index (χ1n) is 10.8. The van der Waals surface area contributed by atoms with Crippen molar-refractivity contribution in [2.45, 2.75) is 46.7 Å². The van der Waals surface area contributed by atoms with Crippen LogP contribution in [0, 0.1) is 13.8 Å². The molecule has 0 saturated heterocycles. The van der Waals surface area contributed by atoms with Crippen LogP contribution >= 0.6 is 0 Å². The fourth-order valence-corrected chi connectivity index (χ4v) is 4.36. The average Bonchev–Trinajstić information content (AvgIpc) is 3.37. The molecular formula is C25H27N5O. The first kappa shape index (κ1) is 19.5. The van der Waals surface area contributed by atoms with E-state index in [-0.39, 0.29) is 0 Å². The van der Waals surface area contributed by atoms with E-state index in [0.717, 1.165) is 53.7 Å². The van der Waals surface area contributed by atoms with E-state index in [1.54, 1.807) is 6.20 Å². The van der Waals surface area contributed by atoms with E-state index in [1.807, 2.05) is 19.2 Å². The standard InChI is InChI=1S/C25H27N5O/c1-16(2)23-21(6-5-11-26-23)24-22-15-29(12-13-30(22)18(4)28-24)20-9-7-19(8-10-20)25-27-14-17(3)31-25/h5-11,14,16H,12-13,15H2,1-4H3. The summed E-state index contributed by atoms with van der Waals surface area (Å²) in [6, 6.07) is 12.6. The molecule has 0 aliphatic carbocycles. The Morgan fingerprint density at radius 3 is 2.52 bits per heavy atom. The summed E-state index contributed by atoms with van der Waals surface area (Å²) >= 11 is 0. The summed E-state index contributed by atoms with van der Waals surface area (Å²) in [5, 5.41) is 0. The number of aryl methyl sites for hydroxylation is 2. The molecule has 1 aliphatic heterocycles. The van der Waals surface area contributed by atoms with Gasteiger partial charge in [-0.1, -0.05) is 13.8 Å². The lowest BCUT2D eigenvalue weighted by atomic mass is 10.00. The van der Waals surface area contributed by atoms with Crippen LogP contribution in [0.25, 0.3) is 22.7 Å². The van der Waals surface area contributed by atoms with Crippen LogP contribution in [-0.4, -0.2) is 26.1 Å². The number of imidazole rings is 1. The molecule has 5 rings (SSSR count). The molecule has 0 bridgehead atoms. The van der Waals surface area contributed by atoms with Gasteiger partial charge in [0.15, 0.2) is 0 Å². The summed E-state index contributed by atoms with van der Waals surface area (Å²) in [4.78, 5) is 16.4. The number of hydrogen-bond donors (Lipinski definition) is 0. The second-order valence-corrected chi connectivity index (χ2v) is 8.44. The van der Waals surface area contributed by atoms with E-state index < -0.39 is 0 Å². The highest BCUT2D eigenvalue weighted by atomic mass is 16.4. The Morgan fingerprint density at radius 1 is 1.00 bits per heavy atom. The molecule has 158 valence electrons. The van der Waals surface area contributed by atoms with Crippen molar-refractivity contribution in [2.24, 2.45) is 0 Å². The molecule has 0 amide bonds. The zero-order valence-corrected chi connectivity index (χ0v) is 18.5. The van der Waals surface area contributed by atoms with E-state index in [2.05, 4.69) is 70.5 Å². The third kappa shape index (κ3) is 3.52. The summed E-state index contributed by atoms with van der Waals surface area (Å²) in [6.45, 7) is 11.1. The summed E-state index contributed by atoms with van der Waals surface area (Å²) in [6.07, 6.45) is 3.63. The predicted molar refractivity (Wildman–Crippen MR) is 122 cm³/mol. The van der Waals surface area contributed by atoms with Gasteiger partial charge in [0.05, 0.1) is 29.8 Å². The highest BCUT2D eigenvalue weighted by molar-refractivity contribution is 5.67. The van der Waals surface area contributed by atoms with Gasteiger partial charge in [-0.15, -0.1) is 0 Å². The van der Waals surface area contributed by atoms with Crippen LogP contribution in [-0.2, 0) is 13.1 Å². The lowest BCUT2D eigenvalue weighted by molar-refractivity contribution is 0.542. The molecule has 0 unspecified atom stereocenters. The average molecular weight is 414 g/mol. The largest absolute Gasteiger partial charge is 0.441 e. The number of aromatic nitrogens is 4. The molecule has 1 aromatic carbocycles. The lowest BCUT2D eigenvalue weighted by Gasteiger charge is -2.31. The molecule has 0 atom stereocenters. The molecule has 31 heavy (non-hydrogen) atoms. The number of oxazole rings is 1. The fourth-order valence-electron chi connectivity index (χ4n) is 4.36. The maximum atomic E-state index is 5.66.